The minimum atomic E-state index is -0.118. The summed E-state index contributed by atoms with van der Waals surface area (Å²) >= 11 is 0. The molecule has 2 aliphatic rings. The van der Waals surface area contributed by atoms with Crippen molar-refractivity contribution in [1.29, 1.82) is 0 Å². The Balaban J connectivity index is 1.37. The summed E-state index contributed by atoms with van der Waals surface area (Å²) in [5.74, 6) is 1.81. The monoisotopic (exact) mass is 449 g/mol. The summed E-state index contributed by atoms with van der Waals surface area (Å²) < 4.78 is 13.0. The van der Waals surface area contributed by atoms with Crippen LogP contribution < -0.4 is 25.2 Å². The number of aromatic nitrogens is 2. The number of ether oxygens (including phenoxy) is 2. The molecule has 0 bridgehead atoms. The molecule has 2 aliphatic heterocycles. The van der Waals surface area contributed by atoms with Crippen LogP contribution in [-0.4, -0.2) is 59.9 Å². The molecule has 0 atom stereocenters. The van der Waals surface area contributed by atoms with E-state index < -0.39 is 0 Å². The van der Waals surface area contributed by atoms with Gasteiger partial charge in [-0.2, -0.15) is 0 Å². The summed E-state index contributed by atoms with van der Waals surface area (Å²) in [6.07, 6.45) is 0. The number of hydrogen-bond donors (Lipinski definition) is 1. The summed E-state index contributed by atoms with van der Waals surface area (Å²) in [5.41, 5.74) is 2.32. The summed E-state index contributed by atoms with van der Waals surface area (Å²) in [7, 11) is 0. The lowest BCUT2D eigenvalue weighted by Crippen LogP contribution is -2.51. The molecule has 0 unspecified atom stereocenters. The third-order valence-electron chi connectivity index (χ3n) is 6.15. The number of carbonyl (C=O) groups excluding carboxylic acids is 1. The first kappa shape index (κ1) is 21.1. The number of amides is 2. The van der Waals surface area contributed by atoms with E-state index in [2.05, 4.69) is 10.2 Å². The van der Waals surface area contributed by atoms with Gasteiger partial charge in [0.25, 0.3) is 5.56 Å². The molecule has 3 aromatic rings. The highest BCUT2D eigenvalue weighted by Gasteiger charge is 2.25. The smallest absolute Gasteiger partial charge is 0.321 e. The molecule has 2 amide bonds. The first-order valence-electron chi connectivity index (χ1n) is 11.3. The summed E-state index contributed by atoms with van der Waals surface area (Å²) in [5, 5.41) is 3.51. The van der Waals surface area contributed by atoms with Gasteiger partial charge < -0.3 is 24.6 Å². The Bertz CT molecular complexity index is 1260. The van der Waals surface area contributed by atoms with Gasteiger partial charge in [0, 0.05) is 44.5 Å². The predicted molar refractivity (Wildman–Crippen MR) is 127 cm³/mol. The predicted octanol–water partition coefficient (Wildman–Crippen LogP) is 2.85. The van der Waals surface area contributed by atoms with Gasteiger partial charge in [-0.25, -0.2) is 9.78 Å². The molecule has 9 heteroatoms. The Morgan fingerprint density at radius 1 is 1.06 bits per heavy atom. The van der Waals surface area contributed by atoms with E-state index in [1.54, 1.807) is 21.6 Å². The molecule has 3 heterocycles. The van der Waals surface area contributed by atoms with Gasteiger partial charge in [-0.15, -0.1) is 0 Å². The number of aryl methyl sites for hydroxylation is 1. The van der Waals surface area contributed by atoms with E-state index in [0.717, 1.165) is 11.3 Å². The Morgan fingerprint density at radius 2 is 1.76 bits per heavy atom. The fourth-order valence-electron chi connectivity index (χ4n) is 4.29. The lowest BCUT2D eigenvalue weighted by Gasteiger charge is -2.36. The van der Waals surface area contributed by atoms with Crippen molar-refractivity contribution >= 4 is 28.6 Å². The lowest BCUT2D eigenvalue weighted by molar-refractivity contribution is 0.172. The highest BCUT2D eigenvalue weighted by molar-refractivity contribution is 5.90. The molecule has 1 aromatic heterocycles. The zero-order chi connectivity index (χ0) is 22.9. The maximum Gasteiger partial charge on any atom is 0.321 e. The van der Waals surface area contributed by atoms with Crippen molar-refractivity contribution in [2.45, 2.75) is 20.4 Å². The Kier molecular flexibility index (Phi) is 5.53. The van der Waals surface area contributed by atoms with Gasteiger partial charge in [0.05, 0.1) is 10.9 Å². The van der Waals surface area contributed by atoms with Crippen LogP contribution in [0.1, 0.15) is 12.5 Å². The Morgan fingerprint density at radius 3 is 2.45 bits per heavy atom. The molecular weight excluding hydrogens is 422 g/mol. The molecule has 1 N–H and O–H groups in total. The zero-order valence-electron chi connectivity index (χ0n) is 18.8. The molecule has 0 aliphatic carbocycles. The molecule has 2 aromatic carbocycles. The number of urea groups is 1. The molecule has 9 nitrogen and oxygen atoms in total. The van der Waals surface area contributed by atoms with Gasteiger partial charge in [-0.05, 0) is 31.5 Å². The van der Waals surface area contributed by atoms with Crippen LogP contribution in [-0.2, 0) is 6.54 Å². The summed E-state index contributed by atoms with van der Waals surface area (Å²) in [6.45, 7) is 7.59. The first-order chi connectivity index (χ1) is 16.0. The van der Waals surface area contributed by atoms with Crippen molar-refractivity contribution in [2.24, 2.45) is 0 Å². The normalized spacial score (nSPS) is 15.6. The maximum absolute atomic E-state index is 13.2. The molecule has 0 radical (unpaired) electrons. The second kappa shape index (κ2) is 8.65. The minimum Gasteiger partial charge on any atom is -0.486 e. The van der Waals surface area contributed by atoms with Gasteiger partial charge in [-0.3, -0.25) is 9.36 Å². The van der Waals surface area contributed by atoms with Crippen molar-refractivity contribution in [3.05, 3.63) is 52.3 Å². The van der Waals surface area contributed by atoms with Gasteiger partial charge in [0.15, 0.2) is 11.5 Å². The van der Waals surface area contributed by atoms with E-state index >= 15 is 0 Å². The molecule has 172 valence electrons. The number of fused-ring (bicyclic) bond motifs is 2. The van der Waals surface area contributed by atoms with E-state index in [-0.39, 0.29) is 11.6 Å². The number of nitrogens with zero attached hydrogens (tertiary/aromatic N) is 4. The van der Waals surface area contributed by atoms with E-state index in [9.17, 15) is 9.59 Å². The van der Waals surface area contributed by atoms with Gasteiger partial charge in [0.2, 0.25) is 5.95 Å². The van der Waals surface area contributed by atoms with Crippen LogP contribution in [0, 0.1) is 6.92 Å². The van der Waals surface area contributed by atoms with Crippen molar-refractivity contribution in [3.63, 3.8) is 0 Å². The lowest BCUT2D eigenvalue weighted by atomic mass is 10.2. The highest BCUT2D eigenvalue weighted by atomic mass is 16.6. The molecule has 33 heavy (non-hydrogen) atoms. The molecule has 0 saturated carbocycles. The molecule has 1 saturated heterocycles. The number of hydrogen-bond acceptors (Lipinski definition) is 6. The second-order valence-electron chi connectivity index (χ2n) is 8.19. The number of rotatable bonds is 3. The van der Waals surface area contributed by atoms with Gasteiger partial charge in [0.1, 0.15) is 13.2 Å². The average Bonchev–Trinajstić information content (AvgIpc) is 2.84. The Labute approximate surface area is 191 Å². The largest absolute Gasteiger partial charge is 0.486 e. The van der Waals surface area contributed by atoms with Crippen LogP contribution in [0.4, 0.5) is 16.4 Å². The van der Waals surface area contributed by atoms with E-state index in [4.69, 9.17) is 14.5 Å². The van der Waals surface area contributed by atoms with Crippen LogP contribution in [0.5, 0.6) is 11.5 Å². The van der Waals surface area contributed by atoms with E-state index in [0.29, 0.717) is 74.3 Å². The topological polar surface area (TPSA) is 88.9 Å². The third kappa shape index (κ3) is 3.94. The molecule has 5 rings (SSSR count). The zero-order valence-corrected chi connectivity index (χ0v) is 18.8. The molecule has 1 fully saturated rings. The number of piperazine rings is 1. The van der Waals surface area contributed by atoms with Gasteiger partial charge in [-0.1, -0.05) is 18.2 Å². The highest BCUT2D eigenvalue weighted by Crippen LogP contribution is 2.33. The molecular formula is C24H27N5O4. The quantitative estimate of drug-likeness (QED) is 0.662. The van der Waals surface area contributed by atoms with Crippen LogP contribution in [0.25, 0.3) is 10.9 Å². The van der Waals surface area contributed by atoms with Crippen molar-refractivity contribution in [1.82, 2.24) is 14.5 Å². The second-order valence-corrected chi connectivity index (χ2v) is 8.19. The van der Waals surface area contributed by atoms with E-state index in [1.165, 1.54) is 0 Å². The number of nitrogens with one attached hydrogen (secondary N) is 1. The molecule has 0 spiro atoms. The minimum absolute atomic E-state index is 0.103. The van der Waals surface area contributed by atoms with Crippen molar-refractivity contribution in [2.75, 3.05) is 49.6 Å². The van der Waals surface area contributed by atoms with Crippen molar-refractivity contribution < 1.29 is 14.3 Å². The van der Waals surface area contributed by atoms with Crippen LogP contribution >= 0.6 is 0 Å². The summed E-state index contributed by atoms with van der Waals surface area (Å²) in [4.78, 5) is 34.7. The third-order valence-corrected chi connectivity index (χ3v) is 6.15. The van der Waals surface area contributed by atoms with E-state index in [1.807, 2.05) is 38.1 Å². The van der Waals surface area contributed by atoms with Crippen molar-refractivity contribution in [3.8, 4) is 11.5 Å². The number of benzene rings is 2. The first-order valence-corrected chi connectivity index (χ1v) is 11.3. The average molecular weight is 450 g/mol. The van der Waals surface area contributed by atoms with Crippen LogP contribution in [0.2, 0.25) is 0 Å². The number of carbonyl (C=O) groups is 1. The van der Waals surface area contributed by atoms with Crippen LogP contribution in [0.15, 0.2) is 41.2 Å². The van der Waals surface area contributed by atoms with Crippen LogP contribution in [0.3, 0.4) is 0 Å². The SMILES string of the molecule is CCn1c(N2CCN(C(=O)Nc3ccccc3C)CC2)nc2cc3c(cc2c1=O)OCCO3. The Hall–Kier alpha value is -3.75. The van der Waals surface area contributed by atoms with Gasteiger partial charge >= 0.3 is 6.03 Å². The maximum atomic E-state index is 13.2. The number of anilines is 2. The standard InChI is InChI=1S/C24H27N5O4/c1-3-29-22(30)17-14-20-21(33-13-12-32-20)15-19(17)25-23(29)27-8-10-28(11-9-27)24(31)26-18-7-5-4-6-16(18)2/h4-7,14-15H,3,8-13H2,1-2H3,(H,26,31). The fourth-order valence-corrected chi connectivity index (χ4v) is 4.29. The fraction of sp³-hybridized carbons (Fsp3) is 0.375. The number of para-hydroxylation sites is 1. The summed E-state index contributed by atoms with van der Waals surface area (Å²) in [6, 6.07) is 11.1.